The minimum Gasteiger partial charge on any atom is -0.458 e. The van der Waals surface area contributed by atoms with Crippen molar-refractivity contribution in [1.82, 2.24) is 0 Å². The van der Waals surface area contributed by atoms with Crippen molar-refractivity contribution in [2.45, 2.75) is 70.9 Å². The second-order valence-electron chi connectivity index (χ2n) is 8.74. The number of aliphatic hydroxyl groups excluding tert-OH is 1. The Morgan fingerprint density at radius 1 is 1.10 bits per heavy atom. The number of fused-ring (bicyclic) bond motifs is 1. The largest absolute Gasteiger partial charge is 0.458 e. The molecule has 2 heterocycles. The van der Waals surface area contributed by atoms with Gasteiger partial charge in [-0.2, -0.15) is 0 Å². The van der Waals surface area contributed by atoms with Crippen LogP contribution in [0.15, 0.2) is 12.1 Å². The third-order valence-corrected chi connectivity index (χ3v) is 6.81. The van der Waals surface area contributed by atoms with Gasteiger partial charge in [-0.3, -0.25) is 0 Å². The molecule has 1 aliphatic carbocycles. The Morgan fingerprint density at radius 2 is 1.83 bits per heavy atom. The molecule has 0 aromatic heterocycles. The highest BCUT2D eigenvalue weighted by molar-refractivity contribution is 5.92. The Morgan fingerprint density at radius 3 is 2.48 bits per heavy atom. The molecule has 1 aromatic carbocycles. The summed E-state index contributed by atoms with van der Waals surface area (Å²) in [5.74, 6) is -0.102. The summed E-state index contributed by atoms with van der Waals surface area (Å²) in [6, 6.07) is 3.24. The zero-order valence-electron chi connectivity index (χ0n) is 17.1. The second-order valence-corrected chi connectivity index (χ2v) is 8.74. The van der Waals surface area contributed by atoms with E-state index in [1.807, 2.05) is 0 Å². The van der Waals surface area contributed by atoms with Crippen molar-refractivity contribution in [2.75, 3.05) is 13.2 Å². The SMILES string of the molecule is CCCC1CCC(C2OCC(C3Cc4ccc(CO)c(F)c4C(=O)O3)CO2)CC1. The second kappa shape index (κ2) is 9.11. The van der Waals surface area contributed by atoms with Crippen molar-refractivity contribution < 1.29 is 28.5 Å². The quantitative estimate of drug-likeness (QED) is 0.749. The molecular formula is C23H31FO5. The van der Waals surface area contributed by atoms with E-state index >= 15 is 0 Å². The van der Waals surface area contributed by atoms with Crippen molar-refractivity contribution in [3.63, 3.8) is 0 Å². The summed E-state index contributed by atoms with van der Waals surface area (Å²) in [6.45, 7) is 2.78. The number of cyclic esters (lactones) is 1. The summed E-state index contributed by atoms with van der Waals surface area (Å²) in [4.78, 5) is 12.4. The van der Waals surface area contributed by atoms with Crippen molar-refractivity contribution in [3.05, 3.63) is 34.6 Å². The van der Waals surface area contributed by atoms with E-state index in [1.165, 1.54) is 31.7 Å². The van der Waals surface area contributed by atoms with Gasteiger partial charge in [-0.1, -0.05) is 31.9 Å². The van der Waals surface area contributed by atoms with Crippen LogP contribution in [0.2, 0.25) is 0 Å². The maximum absolute atomic E-state index is 14.4. The van der Waals surface area contributed by atoms with Crippen LogP contribution in [-0.4, -0.2) is 36.7 Å². The first-order chi connectivity index (χ1) is 14.1. The average molecular weight is 406 g/mol. The highest BCUT2D eigenvalue weighted by atomic mass is 19.1. The van der Waals surface area contributed by atoms with Gasteiger partial charge in [0.25, 0.3) is 0 Å². The molecule has 160 valence electrons. The molecule has 1 saturated heterocycles. The summed E-state index contributed by atoms with van der Waals surface area (Å²) in [6.07, 6.45) is 7.27. The maximum atomic E-state index is 14.4. The van der Waals surface area contributed by atoms with Gasteiger partial charge >= 0.3 is 5.97 Å². The van der Waals surface area contributed by atoms with E-state index in [4.69, 9.17) is 14.2 Å². The van der Waals surface area contributed by atoms with Crippen LogP contribution < -0.4 is 0 Å². The number of benzene rings is 1. The van der Waals surface area contributed by atoms with Gasteiger partial charge in [0.2, 0.25) is 0 Å². The molecule has 2 aliphatic heterocycles. The minimum atomic E-state index is -0.677. The molecule has 6 heteroatoms. The van der Waals surface area contributed by atoms with Crippen LogP contribution in [0.25, 0.3) is 0 Å². The van der Waals surface area contributed by atoms with Crippen molar-refractivity contribution in [1.29, 1.82) is 0 Å². The third kappa shape index (κ3) is 4.35. The molecule has 0 radical (unpaired) electrons. The number of halogens is 1. The number of esters is 1. The van der Waals surface area contributed by atoms with E-state index in [9.17, 15) is 14.3 Å². The minimum absolute atomic E-state index is 0.0489. The molecule has 1 N–H and O–H groups in total. The lowest BCUT2D eigenvalue weighted by Gasteiger charge is -2.40. The van der Waals surface area contributed by atoms with Gasteiger partial charge in [0.1, 0.15) is 11.9 Å². The number of carbonyl (C=O) groups excluding carboxylic acids is 1. The topological polar surface area (TPSA) is 65.0 Å². The van der Waals surface area contributed by atoms with Crippen LogP contribution in [0.4, 0.5) is 4.39 Å². The van der Waals surface area contributed by atoms with Crippen molar-refractivity contribution in [3.8, 4) is 0 Å². The molecule has 29 heavy (non-hydrogen) atoms. The van der Waals surface area contributed by atoms with E-state index in [0.717, 1.165) is 18.8 Å². The van der Waals surface area contributed by atoms with Crippen molar-refractivity contribution >= 4 is 5.97 Å². The molecule has 0 amide bonds. The van der Waals surface area contributed by atoms with Crippen LogP contribution in [0.3, 0.4) is 0 Å². The first kappa shape index (κ1) is 20.8. The van der Waals surface area contributed by atoms with Gasteiger partial charge in [0.05, 0.1) is 25.4 Å². The average Bonchev–Trinajstić information content (AvgIpc) is 2.74. The molecule has 1 atom stereocenters. The molecule has 4 rings (SSSR count). The predicted molar refractivity (Wildman–Crippen MR) is 105 cm³/mol. The smallest absolute Gasteiger partial charge is 0.341 e. The highest BCUT2D eigenvalue weighted by Gasteiger charge is 2.39. The number of hydrogen-bond acceptors (Lipinski definition) is 5. The number of ether oxygens (including phenoxy) is 3. The molecule has 1 saturated carbocycles. The third-order valence-electron chi connectivity index (χ3n) is 6.81. The van der Waals surface area contributed by atoms with Gasteiger partial charge < -0.3 is 19.3 Å². The first-order valence-corrected chi connectivity index (χ1v) is 11.0. The molecule has 1 aromatic rings. The van der Waals surface area contributed by atoms with Crippen LogP contribution in [0, 0.1) is 23.6 Å². The normalized spacial score (nSPS) is 32.5. The van der Waals surface area contributed by atoms with Gasteiger partial charge in [-0.25, -0.2) is 9.18 Å². The van der Waals surface area contributed by atoms with E-state index in [1.54, 1.807) is 6.07 Å². The zero-order valence-corrected chi connectivity index (χ0v) is 17.1. The van der Waals surface area contributed by atoms with Gasteiger partial charge in [-0.05, 0) is 37.2 Å². The fourth-order valence-corrected chi connectivity index (χ4v) is 5.07. The monoisotopic (exact) mass is 406 g/mol. The molecule has 0 spiro atoms. The summed E-state index contributed by atoms with van der Waals surface area (Å²) in [7, 11) is 0. The van der Waals surface area contributed by atoms with Crippen molar-refractivity contribution in [2.24, 2.45) is 17.8 Å². The molecule has 3 aliphatic rings. The van der Waals surface area contributed by atoms with E-state index in [-0.39, 0.29) is 29.4 Å². The molecule has 2 fully saturated rings. The molecular weight excluding hydrogens is 375 g/mol. The number of rotatable bonds is 5. The van der Waals surface area contributed by atoms with Gasteiger partial charge in [0.15, 0.2) is 6.29 Å². The fraction of sp³-hybridized carbons (Fsp3) is 0.696. The lowest BCUT2D eigenvalue weighted by Crippen LogP contribution is -2.45. The van der Waals surface area contributed by atoms with Crippen LogP contribution in [-0.2, 0) is 27.2 Å². The number of carbonyl (C=O) groups is 1. The Balaban J connectivity index is 1.33. The zero-order chi connectivity index (χ0) is 20.4. The lowest BCUT2D eigenvalue weighted by molar-refractivity contribution is -0.240. The molecule has 1 unspecified atom stereocenters. The van der Waals surface area contributed by atoms with Crippen LogP contribution >= 0.6 is 0 Å². The van der Waals surface area contributed by atoms with Crippen LogP contribution in [0.5, 0.6) is 0 Å². The maximum Gasteiger partial charge on any atom is 0.341 e. The summed E-state index contributed by atoms with van der Waals surface area (Å²) in [5, 5.41) is 9.21. The van der Waals surface area contributed by atoms with E-state index < -0.39 is 18.4 Å². The molecule has 0 bridgehead atoms. The Hall–Kier alpha value is -1.50. The van der Waals surface area contributed by atoms with E-state index in [0.29, 0.717) is 31.1 Å². The Bertz CT molecular complexity index is 720. The number of hydrogen-bond donors (Lipinski definition) is 1. The Labute approximate surface area is 171 Å². The number of aliphatic hydroxyl groups is 1. The molecule has 5 nitrogen and oxygen atoms in total. The first-order valence-electron chi connectivity index (χ1n) is 11.0. The summed E-state index contributed by atoms with van der Waals surface area (Å²) < 4.78 is 32.0. The summed E-state index contributed by atoms with van der Waals surface area (Å²) in [5.41, 5.74) is 0.685. The Kier molecular flexibility index (Phi) is 6.52. The lowest BCUT2D eigenvalue weighted by atomic mass is 9.79. The highest BCUT2D eigenvalue weighted by Crippen LogP contribution is 2.37. The van der Waals surface area contributed by atoms with E-state index in [2.05, 4.69) is 6.92 Å². The predicted octanol–water partition coefficient (Wildman–Crippen LogP) is 4.00. The van der Waals surface area contributed by atoms with Gasteiger partial charge in [0, 0.05) is 23.8 Å². The van der Waals surface area contributed by atoms with Gasteiger partial charge in [-0.15, -0.1) is 0 Å². The van der Waals surface area contributed by atoms with Crippen LogP contribution in [0.1, 0.15) is 66.9 Å². The fourth-order valence-electron chi connectivity index (χ4n) is 5.07. The summed E-state index contributed by atoms with van der Waals surface area (Å²) >= 11 is 0. The standard InChI is InChI=1S/C23H31FO5/c1-2-3-14-4-6-15(7-5-14)23-27-12-18(13-28-23)19-10-16-8-9-17(11-25)21(24)20(16)22(26)29-19/h8-9,14-15,18-19,23,25H,2-7,10-13H2,1H3.